The lowest BCUT2D eigenvalue weighted by Gasteiger charge is -2.49. The van der Waals surface area contributed by atoms with E-state index in [-0.39, 0.29) is 6.04 Å². The zero-order chi connectivity index (χ0) is 25.8. The number of carbonyl (C=O) groups is 1. The fourth-order valence-electron chi connectivity index (χ4n) is 5.76. The number of halogens is 1. The highest BCUT2D eigenvalue weighted by Crippen LogP contribution is 2.45. The maximum absolute atomic E-state index is 11.8. The van der Waals surface area contributed by atoms with Crippen LogP contribution in [0.2, 0.25) is 5.02 Å². The molecule has 1 saturated heterocycles. The van der Waals surface area contributed by atoms with Gasteiger partial charge in [0.1, 0.15) is 0 Å². The Kier molecular flexibility index (Phi) is 5.84. The van der Waals surface area contributed by atoms with Crippen LogP contribution in [0.3, 0.4) is 0 Å². The average molecular weight is 520 g/mol. The molecule has 37 heavy (non-hydrogen) atoms. The van der Waals surface area contributed by atoms with E-state index in [2.05, 4.69) is 58.0 Å². The van der Waals surface area contributed by atoms with Gasteiger partial charge in [0, 0.05) is 60.6 Å². The molecule has 0 unspecified atom stereocenters. The van der Waals surface area contributed by atoms with Crippen LogP contribution >= 0.6 is 11.6 Å². The van der Waals surface area contributed by atoms with Gasteiger partial charge in [-0.15, -0.1) is 0 Å². The molecule has 1 fully saturated rings. The van der Waals surface area contributed by atoms with Crippen LogP contribution in [0, 0.1) is 6.92 Å². The van der Waals surface area contributed by atoms with E-state index < -0.39 is 6.09 Å². The molecule has 0 saturated carbocycles. The van der Waals surface area contributed by atoms with Gasteiger partial charge >= 0.3 is 6.09 Å². The summed E-state index contributed by atoms with van der Waals surface area (Å²) in [4.78, 5) is 25.1. The Morgan fingerprint density at radius 1 is 1.19 bits per heavy atom. The van der Waals surface area contributed by atoms with Crippen LogP contribution in [0.15, 0.2) is 36.7 Å². The number of hydrogen-bond acceptors (Lipinski definition) is 6. The summed E-state index contributed by atoms with van der Waals surface area (Å²) in [7, 11) is 4.12. The molecule has 2 aliphatic rings. The molecule has 2 aliphatic heterocycles. The van der Waals surface area contributed by atoms with E-state index in [0.29, 0.717) is 24.7 Å². The molecule has 1 atom stereocenters. The minimum absolute atomic E-state index is 0.0606. The lowest BCUT2D eigenvalue weighted by molar-refractivity contribution is 0.134. The summed E-state index contributed by atoms with van der Waals surface area (Å²) in [5.74, 6) is 0. The number of nitrogens with one attached hydrogen (secondary N) is 1. The summed E-state index contributed by atoms with van der Waals surface area (Å²) in [5.41, 5.74) is 7.10. The smallest absolute Gasteiger partial charge is 0.407 e. The Morgan fingerprint density at radius 3 is 2.81 bits per heavy atom. The van der Waals surface area contributed by atoms with Gasteiger partial charge in [0.25, 0.3) is 0 Å². The number of nitrogens with zero attached hydrogens (tertiary/aromatic N) is 6. The molecule has 2 N–H and O–H groups in total. The van der Waals surface area contributed by atoms with Crippen molar-refractivity contribution in [3.63, 3.8) is 0 Å². The monoisotopic (exact) mass is 519 g/mol. The van der Waals surface area contributed by atoms with Gasteiger partial charge in [-0.3, -0.25) is 10.1 Å². The Hall–Kier alpha value is -3.56. The number of aromatic nitrogens is 3. The van der Waals surface area contributed by atoms with Gasteiger partial charge < -0.3 is 24.7 Å². The minimum atomic E-state index is -0.860. The minimum Gasteiger partial charge on any atom is -0.465 e. The van der Waals surface area contributed by atoms with Crippen molar-refractivity contribution in [2.45, 2.75) is 13.0 Å². The van der Waals surface area contributed by atoms with Crippen molar-refractivity contribution < 1.29 is 9.90 Å². The number of piperazine rings is 1. The summed E-state index contributed by atoms with van der Waals surface area (Å²) in [6, 6.07) is 8.28. The summed E-state index contributed by atoms with van der Waals surface area (Å²) >= 11 is 7.02. The van der Waals surface area contributed by atoms with Gasteiger partial charge in [0.05, 0.1) is 40.8 Å². The highest BCUT2D eigenvalue weighted by molar-refractivity contribution is 6.35. The number of carboxylic acid groups (broad SMARTS) is 1. The second-order valence-electron chi connectivity index (χ2n) is 10.3. The van der Waals surface area contributed by atoms with E-state index in [4.69, 9.17) is 16.6 Å². The van der Waals surface area contributed by atoms with Crippen LogP contribution in [0.4, 0.5) is 16.2 Å². The van der Waals surface area contributed by atoms with E-state index in [0.717, 1.165) is 69.5 Å². The number of aromatic amines is 1. The number of H-pyrrole nitrogens is 1. The van der Waals surface area contributed by atoms with E-state index in [1.807, 2.05) is 24.5 Å². The molecule has 0 radical (unpaired) electrons. The third kappa shape index (κ3) is 4.02. The van der Waals surface area contributed by atoms with Crippen LogP contribution in [0.5, 0.6) is 0 Å². The highest BCUT2D eigenvalue weighted by Gasteiger charge is 2.37. The van der Waals surface area contributed by atoms with Crippen molar-refractivity contribution in [2.24, 2.45) is 0 Å². The van der Waals surface area contributed by atoms with E-state index in [1.165, 1.54) is 4.90 Å². The second kappa shape index (κ2) is 9.08. The summed E-state index contributed by atoms with van der Waals surface area (Å²) in [6.45, 7) is 6.14. The van der Waals surface area contributed by atoms with Crippen LogP contribution in [-0.2, 0) is 0 Å². The summed E-state index contributed by atoms with van der Waals surface area (Å²) in [5, 5.41) is 19.6. The Labute approximate surface area is 220 Å². The molecule has 10 heteroatoms. The van der Waals surface area contributed by atoms with Gasteiger partial charge in [0.2, 0.25) is 0 Å². The fraction of sp³-hybridized carbons (Fsp3) is 0.370. The molecular formula is C27H30ClN7O2. The average Bonchev–Trinajstić information content (AvgIpc) is 3.35. The molecule has 1 amide bonds. The number of pyridine rings is 1. The molecule has 2 aromatic carbocycles. The number of hydrogen-bond donors (Lipinski definition) is 2. The third-order valence-corrected chi connectivity index (χ3v) is 7.95. The van der Waals surface area contributed by atoms with Crippen molar-refractivity contribution in [2.75, 3.05) is 63.2 Å². The standard InChI is InChI=1S/C27H30ClN7O2/c1-16-4-5-22-20(12-30-31-22)25(16)18-11-23-19(10-21(18)28)26-24(13-29-23)33(7-6-32(2)3)14-17-15-34(27(36)37)8-9-35(17)26/h4-5,10-13,17H,6-9,14-15H2,1-3H3,(H,30,31)(H,36,37)/t17-/m0/s1. The Morgan fingerprint density at radius 2 is 2.03 bits per heavy atom. The van der Waals surface area contributed by atoms with Crippen LogP contribution in [0.1, 0.15) is 5.56 Å². The van der Waals surface area contributed by atoms with Gasteiger partial charge in [-0.2, -0.15) is 5.10 Å². The maximum Gasteiger partial charge on any atom is 0.407 e. The number of anilines is 2. The number of benzene rings is 2. The molecule has 9 nitrogen and oxygen atoms in total. The number of aryl methyl sites for hydroxylation is 1. The normalized spacial score (nSPS) is 17.5. The molecular weight excluding hydrogens is 490 g/mol. The van der Waals surface area contributed by atoms with Crippen molar-refractivity contribution >= 4 is 50.9 Å². The van der Waals surface area contributed by atoms with E-state index >= 15 is 0 Å². The zero-order valence-electron chi connectivity index (χ0n) is 21.2. The first-order valence-corrected chi connectivity index (χ1v) is 12.9. The first-order valence-electron chi connectivity index (χ1n) is 12.5. The topological polar surface area (TPSA) is 91.8 Å². The number of fused-ring (bicyclic) bond motifs is 6. The van der Waals surface area contributed by atoms with Gasteiger partial charge in [-0.05, 0) is 50.3 Å². The number of likely N-dealkylation sites (N-methyl/N-ethyl adjacent to an activating group) is 1. The van der Waals surface area contributed by atoms with E-state index in [1.54, 1.807) is 0 Å². The highest BCUT2D eigenvalue weighted by atomic mass is 35.5. The summed E-state index contributed by atoms with van der Waals surface area (Å²) in [6.07, 6.45) is 2.95. The number of rotatable bonds is 4. The third-order valence-electron chi connectivity index (χ3n) is 7.64. The lowest BCUT2D eigenvalue weighted by atomic mass is 9.94. The summed E-state index contributed by atoms with van der Waals surface area (Å²) < 4.78 is 0. The Balaban J connectivity index is 1.51. The molecule has 0 bridgehead atoms. The van der Waals surface area contributed by atoms with Crippen molar-refractivity contribution in [1.29, 1.82) is 0 Å². The first-order chi connectivity index (χ1) is 17.8. The lowest BCUT2D eigenvalue weighted by Crippen LogP contribution is -2.61. The predicted octanol–water partition coefficient (Wildman–Crippen LogP) is 4.29. The van der Waals surface area contributed by atoms with Gasteiger partial charge in [-0.1, -0.05) is 17.7 Å². The quantitative estimate of drug-likeness (QED) is 0.415. The molecule has 4 heterocycles. The Bertz CT molecular complexity index is 1520. The zero-order valence-corrected chi connectivity index (χ0v) is 22.0. The first kappa shape index (κ1) is 23.8. The van der Waals surface area contributed by atoms with Gasteiger partial charge in [-0.25, -0.2) is 4.79 Å². The number of amides is 1. The largest absolute Gasteiger partial charge is 0.465 e. The van der Waals surface area contributed by atoms with Gasteiger partial charge in [0.15, 0.2) is 0 Å². The fourth-order valence-corrected chi connectivity index (χ4v) is 6.02. The predicted molar refractivity (Wildman–Crippen MR) is 148 cm³/mol. The molecule has 4 aromatic rings. The van der Waals surface area contributed by atoms with Crippen LogP contribution in [-0.4, -0.2) is 95.6 Å². The maximum atomic E-state index is 11.8. The van der Waals surface area contributed by atoms with Crippen molar-refractivity contribution in [1.82, 2.24) is 25.0 Å². The molecule has 6 rings (SSSR count). The second-order valence-corrected chi connectivity index (χ2v) is 10.7. The molecule has 2 aromatic heterocycles. The molecule has 0 spiro atoms. The van der Waals surface area contributed by atoms with E-state index in [9.17, 15) is 9.90 Å². The van der Waals surface area contributed by atoms with Crippen molar-refractivity contribution in [3.05, 3.63) is 47.2 Å². The van der Waals surface area contributed by atoms with Crippen LogP contribution in [0.25, 0.3) is 32.9 Å². The van der Waals surface area contributed by atoms with Crippen LogP contribution < -0.4 is 9.80 Å². The molecule has 192 valence electrons. The molecule has 0 aliphatic carbocycles. The van der Waals surface area contributed by atoms with Crippen molar-refractivity contribution in [3.8, 4) is 11.1 Å². The SMILES string of the molecule is Cc1ccc2[nH]ncc2c1-c1cc2ncc3c(c2cc1Cl)N1CCN(C(=O)O)C[C@@H]1CN3CCN(C)C.